The predicted octanol–water partition coefficient (Wildman–Crippen LogP) is 4.55. The Morgan fingerprint density at radius 1 is 0.947 bits per heavy atom. The molecule has 0 radical (unpaired) electrons. The third kappa shape index (κ3) is 2.31. The molecular weight excluding hydrogens is 256 g/mol. The number of carbonyl (C=O) groups is 1. The lowest BCUT2D eigenvalue weighted by Gasteiger charge is -2.29. The number of halogens is 1. The van der Waals surface area contributed by atoms with E-state index in [1.807, 2.05) is 18.2 Å². The Morgan fingerprint density at radius 3 is 2.32 bits per heavy atom. The summed E-state index contributed by atoms with van der Waals surface area (Å²) in [6.07, 6.45) is 3.02. The minimum atomic E-state index is 0.0553. The molecule has 0 N–H and O–H groups in total. The van der Waals surface area contributed by atoms with E-state index >= 15 is 0 Å². The van der Waals surface area contributed by atoms with Crippen LogP contribution >= 0.6 is 11.6 Å². The molecule has 3 rings (SSSR count). The van der Waals surface area contributed by atoms with E-state index in [1.165, 1.54) is 16.7 Å². The zero-order valence-electron chi connectivity index (χ0n) is 10.6. The van der Waals surface area contributed by atoms with Crippen molar-refractivity contribution in [2.45, 2.75) is 24.7 Å². The molecule has 96 valence electrons. The standard InChI is InChI=1S/C17H15ClO/c18-14-8-5-12(6-9-14)16-10-7-13(11-19)15-3-1-2-4-17(15)16/h1-6,8-9,11,13,16H,7,10H2. The van der Waals surface area contributed by atoms with Gasteiger partial charge < -0.3 is 4.79 Å². The van der Waals surface area contributed by atoms with Gasteiger partial charge in [0.1, 0.15) is 6.29 Å². The second kappa shape index (κ2) is 5.18. The molecule has 1 aliphatic carbocycles. The number of hydrogen-bond donors (Lipinski definition) is 0. The van der Waals surface area contributed by atoms with E-state index in [2.05, 4.69) is 30.3 Å². The fourth-order valence-electron chi connectivity index (χ4n) is 3.01. The quantitative estimate of drug-likeness (QED) is 0.732. The third-order valence-electron chi connectivity index (χ3n) is 3.97. The number of benzene rings is 2. The molecule has 0 bridgehead atoms. The highest BCUT2D eigenvalue weighted by Crippen LogP contribution is 2.41. The molecule has 2 atom stereocenters. The average Bonchev–Trinajstić information content (AvgIpc) is 2.47. The van der Waals surface area contributed by atoms with Crippen LogP contribution in [0.4, 0.5) is 0 Å². The van der Waals surface area contributed by atoms with Gasteiger partial charge in [0.15, 0.2) is 0 Å². The Morgan fingerprint density at radius 2 is 1.63 bits per heavy atom. The lowest BCUT2D eigenvalue weighted by Crippen LogP contribution is -2.16. The van der Waals surface area contributed by atoms with E-state index in [9.17, 15) is 4.79 Å². The molecule has 2 aromatic carbocycles. The summed E-state index contributed by atoms with van der Waals surface area (Å²) in [4.78, 5) is 11.2. The van der Waals surface area contributed by atoms with Crippen LogP contribution in [0.25, 0.3) is 0 Å². The first kappa shape index (κ1) is 12.4. The minimum absolute atomic E-state index is 0.0553. The number of aldehydes is 1. The van der Waals surface area contributed by atoms with E-state index in [1.54, 1.807) is 0 Å². The smallest absolute Gasteiger partial charge is 0.127 e. The van der Waals surface area contributed by atoms with Crippen molar-refractivity contribution in [2.24, 2.45) is 0 Å². The van der Waals surface area contributed by atoms with Gasteiger partial charge in [-0.25, -0.2) is 0 Å². The highest BCUT2D eigenvalue weighted by atomic mass is 35.5. The van der Waals surface area contributed by atoms with Crippen molar-refractivity contribution in [1.82, 2.24) is 0 Å². The van der Waals surface area contributed by atoms with Crippen molar-refractivity contribution in [3.05, 3.63) is 70.2 Å². The van der Waals surface area contributed by atoms with Crippen molar-refractivity contribution in [2.75, 3.05) is 0 Å². The average molecular weight is 271 g/mol. The van der Waals surface area contributed by atoms with Crippen molar-refractivity contribution in [3.63, 3.8) is 0 Å². The van der Waals surface area contributed by atoms with E-state index in [-0.39, 0.29) is 5.92 Å². The number of carbonyl (C=O) groups excluding carboxylic acids is 1. The third-order valence-corrected chi connectivity index (χ3v) is 4.23. The van der Waals surface area contributed by atoms with Crippen LogP contribution in [0.3, 0.4) is 0 Å². The zero-order chi connectivity index (χ0) is 13.2. The van der Waals surface area contributed by atoms with Gasteiger partial charge in [0, 0.05) is 16.9 Å². The van der Waals surface area contributed by atoms with Crippen LogP contribution in [0.5, 0.6) is 0 Å². The summed E-state index contributed by atoms with van der Waals surface area (Å²) >= 11 is 5.95. The first-order chi connectivity index (χ1) is 9.29. The summed E-state index contributed by atoms with van der Waals surface area (Å²) in [5.74, 6) is 0.435. The van der Waals surface area contributed by atoms with Crippen LogP contribution in [0.1, 0.15) is 41.4 Å². The normalized spacial score (nSPS) is 21.7. The first-order valence-corrected chi connectivity index (χ1v) is 6.97. The van der Waals surface area contributed by atoms with E-state index in [0.717, 1.165) is 24.2 Å². The van der Waals surface area contributed by atoms with E-state index in [0.29, 0.717) is 5.92 Å². The molecule has 0 spiro atoms. The Balaban J connectivity index is 2.05. The highest BCUT2D eigenvalue weighted by molar-refractivity contribution is 6.30. The molecule has 1 aliphatic rings. The van der Waals surface area contributed by atoms with Crippen molar-refractivity contribution >= 4 is 17.9 Å². The summed E-state index contributed by atoms with van der Waals surface area (Å²) in [6.45, 7) is 0. The van der Waals surface area contributed by atoms with Crippen LogP contribution < -0.4 is 0 Å². The summed E-state index contributed by atoms with van der Waals surface area (Å²) in [5.41, 5.74) is 3.75. The molecule has 0 aromatic heterocycles. The molecule has 2 heteroatoms. The molecule has 0 saturated heterocycles. The fourth-order valence-corrected chi connectivity index (χ4v) is 3.13. The summed E-state index contributed by atoms with van der Waals surface area (Å²) in [6, 6.07) is 16.3. The lowest BCUT2D eigenvalue weighted by molar-refractivity contribution is -0.109. The van der Waals surface area contributed by atoms with Crippen LogP contribution in [0, 0.1) is 0 Å². The summed E-state index contributed by atoms with van der Waals surface area (Å²) in [5, 5.41) is 0.763. The predicted molar refractivity (Wildman–Crippen MR) is 77.8 cm³/mol. The summed E-state index contributed by atoms with van der Waals surface area (Å²) < 4.78 is 0. The van der Waals surface area contributed by atoms with Crippen LogP contribution in [0.2, 0.25) is 5.02 Å². The molecule has 0 aliphatic heterocycles. The number of hydrogen-bond acceptors (Lipinski definition) is 1. The zero-order valence-corrected chi connectivity index (χ0v) is 11.3. The fraction of sp³-hybridized carbons (Fsp3) is 0.235. The van der Waals surface area contributed by atoms with Gasteiger partial charge in [0.25, 0.3) is 0 Å². The topological polar surface area (TPSA) is 17.1 Å². The number of fused-ring (bicyclic) bond motifs is 1. The van der Waals surface area contributed by atoms with Crippen molar-refractivity contribution in [3.8, 4) is 0 Å². The monoisotopic (exact) mass is 270 g/mol. The molecule has 0 saturated carbocycles. The van der Waals surface area contributed by atoms with Crippen LogP contribution in [-0.2, 0) is 4.79 Å². The molecule has 19 heavy (non-hydrogen) atoms. The molecule has 0 fully saturated rings. The Kier molecular flexibility index (Phi) is 3.39. The van der Waals surface area contributed by atoms with Gasteiger partial charge in [-0.15, -0.1) is 0 Å². The lowest BCUT2D eigenvalue weighted by atomic mass is 9.74. The Bertz CT molecular complexity index is 588. The molecule has 0 heterocycles. The van der Waals surface area contributed by atoms with Gasteiger partial charge in [-0.2, -0.15) is 0 Å². The van der Waals surface area contributed by atoms with E-state index in [4.69, 9.17) is 11.6 Å². The van der Waals surface area contributed by atoms with Gasteiger partial charge in [0.2, 0.25) is 0 Å². The Hall–Kier alpha value is -1.60. The van der Waals surface area contributed by atoms with Gasteiger partial charge >= 0.3 is 0 Å². The minimum Gasteiger partial charge on any atom is -0.303 e. The maximum Gasteiger partial charge on any atom is 0.127 e. The van der Waals surface area contributed by atoms with Crippen molar-refractivity contribution in [1.29, 1.82) is 0 Å². The highest BCUT2D eigenvalue weighted by Gasteiger charge is 2.27. The van der Waals surface area contributed by atoms with Crippen LogP contribution in [0.15, 0.2) is 48.5 Å². The molecular formula is C17H15ClO. The maximum atomic E-state index is 11.2. The second-order valence-corrected chi connectivity index (χ2v) is 5.49. The molecule has 1 nitrogen and oxygen atoms in total. The molecule has 2 aromatic rings. The second-order valence-electron chi connectivity index (χ2n) is 5.05. The number of rotatable bonds is 2. The largest absolute Gasteiger partial charge is 0.303 e. The summed E-state index contributed by atoms with van der Waals surface area (Å²) in [7, 11) is 0. The van der Waals surface area contributed by atoms with Gasteiger partial charge in [0.05, 0.1) is 0 Å². The SMILES string of the molecule is O=CC1CCC(c2ccc(Cl)cc2)c2ccccc21. The first-order valence-electron chi connectivity index (χ1n) is 6.59. The van der Waals surface area contributed by atoms with Crippen molar-refractivity contribution < 1.29 is 4.79 Å². The maximum absolute atomic E-state index is 11.2. The Labute approximate surface area is 118 Å². The van der Waals surface area contributed by atoms with Gasteiger partial charge in [-0.1, -0.05) is 48.0 Å². The van der Waals surface area contributed by atoms with Gasteiger partial charge in [-0.05, 0) is 41.7 Å². The molecule has 2 unspecified atom stereocenters. The molecule has 0 amide bonds. The van der Waals surface area contributed by atoms with Gasteiger partial charge in [-0.3, -0.25) is 0 Å². The van der Waals surface area contributed by atoms with E-state index < -0.39 is 0 Å². The van der Waals surface area contributed by atoms with Crippen LogP contribution in [-0.4, -0.2) is 6.29 Å².